The number of hydrogen-bond donors (Lipinski definition) is 1. The molecule has 0 spiro atoms. The zero-order chi connectivity index (χ0) is 12.3. The Bertz CT molecular complexity index is 384. The van der Waals surface area contributed by atoms with Crippen LogP contribution in [-0.2, 0) is 7.05 Å². The van der Waals surface area contributed by atoms with Gasteiger partial charge in [-0.3, -0.25) is 4.68 Å². The molecule has 0 aromatic carbocycles. The summed E-state index contributed by atoms with van der Waals surface area (Å²) in [6, 6.07) is 0.351. The molecule has 0 fully saturated rings. The predicted octanol–water partition coefficient (Wildman–Crippen LogP) is 2.65. The van der Waals surface area contributed by atoms with Crippen molar-refractivity contribution in [3.63, 3.8) is 0 Å². The number of hydrogen-bond acceptors (Lipinski definition) is 2. The van der Waals surface area contributed by atoms with E-state index in [0.717, 1.165) is 12.2 Å². The molecule has 1 aromatic rings. The largest absolute Gasteiger partial charge is 0.307 e. The van der Waals surface area contributed by atoms with Gasteiger partial charge in [0.1, 0.15) is 0 Å². The molecule has 16 heavy (non-hydrogen) atoms. The molecule has 1 aromatic heterocycles. The second-order valence-electron chi connectivity index (χ2n) is 4.62. The van der Waals surface area contributed by atoms with E-state index >= 15 is 0 Å². The third kappa shape index (κ3) is 2.95. The van der Waals surface area contributed by atoms with Gasteiger partial charge in [0.15, 0.2) is 0 Å². The fourth-order valence-corrected chi connectivity index (χ4v) is 1.96. The van der Waals surface area contributed by atoms with E-state index in [4.69, 9.17) is 0 Å². The van der Waals surface area contributed by atoms with E-state index in [0.29, 0.717) is 6.04 Å². The van der Waals surface area contributed by atoms with Crippen molar-refractivity contribution >= 4 is 0 Å². The minimum Gasteiger partial charge on any atom is -0.307 e. The second kappa shape index (κ2) is 5.30. The van der Waals surface area contributed by atoms with Gasteiger partial charge in [-0.15, -0.1) is 0 Å². The Balaban J connectivity index is 2.73. The van der Waals surface area contributed by atoms with Gasteiger partial charge in [-0.2, -0.15) is 5.10 Å². The lowest BCUT2D eigenvalue weighted by atomic mass is 10.1. The highest BCUT2D eigenvalue weighted by atomic mass is 15.3. The average Bonchev–Trinajstić information content (AvgIpc) is 2.40. The molecule has 1 atom stereocenters. The summed E-state index contributed by atoms with van der Waals surface area (Å²) < 4.78 is 1.95. The molecule has 90 valence electrons. The van der Waals surface area contributed by atoms with E-state index in [-0.39, 0.29) is 0 Å². The third-order valence-electron chi connectivity index (χ3n) is 2.93. The van der Waals surface area contributed by atoms with Gasteiger partial charge in [0, 0.05) is 30.9 Å². The van der Waals surface area contributed by atoms with Crippen LogP contribution in [0.25, 0.3) is 0 Å². The molecular formula is C13H23N3. The number of aryl methyl sites for hydroxylation is 2. The molecule has 3 heteroatoms. The molecule has 0 aliphatic rings. The number of nitrogens with zero attached hydrogens (tertiary/aromatic N) is 2. The molecule has 1 unspecified atom stereocenters. The summed E-state index contributed by atoms with van der Waals surface area (Å²) in [5.41, 5.74) is 5.04. The standard InChI is InChI=1S/C13H23N3/c1-9(2)7-8-14-10(3)13-11(4)15-16(6)12(13)5/h7,10,14H,8H2,1-6H3. The Kier molecular flexibility index (Phi) is 4.30. The first-order valence-corrected chi connectivity index (χ1v) is 5.80. The van der Waals surface area contributed by atoms with Crippen LogP contribution in [0.2, 0.25) is 0 Å². The number of nitrogens with one attached hydrogen (secondary N) is 1. The maximum Gasteiger partial charge on any atom is 0.0644 e. The zero-order valence-corrected chi connectivity index (χ0v) is 11.3. The van der Waals surface area contributed by atoms with Crippen molar-refractivity contribution in [2.24, 2.45) is 7.05 Å². The van der Waals surface area contributed by atoms with Crippen molar-refractivity contribution in [1.29, 1.82) is 0 Å². The average molecular weight is 221 g/mol. The molecule has 0 aliphatic heterocycles. The van der Waals surface area contributed by atoms with Gasteiger partial charge in [-0.1, -0.05) is 11.6 Å². The maximum atomic E-state index is 4.44. The lowest BCUT2D eigenvalue weighted by Crippen LogP contribution is -2.19. The number of rotatable bonds is 4. The van der Waals surface area contributed by atoms with Gasteiger partial charge >= 0.3 is 0 Å². The monoisotopic (exact) mass is 221 g/mol. The van der Waals surface area contributed by atoms with Gasteiger partial charge < -0.3 is 5.32 Å². The molecule has 0 bridgehead atoms. The van der Waals surface area contributed by atoms with E-state index < -0.39 is 0 Å². The van der Waals surface area contributed by atoms with E-state index in [2.05, 4.69) is 51.1 Å². The first-order valence-electron chi connectivity index (χ1n) is 5.80. The Morgan fingerprint density at radius 3 is 2.50 bits per heavy atom. The first kappa shape index (κ1) is 13.0. The third-order valence-corrected chi connectivity index (χ3v) is 2.93. The van der Waals surface area contributed by atoms with Crippen LogP contribution in [-0.4, -0.2) is 16.3 Å². The Hall–Kier alpha value is -1.09. The molecule has 0 amide bonds. The molecule has 1 N–H and O–H groups in total. The van der Waals surface area contributed by atoms with Crippen LogP contribution in [0.4, 0.5) is 0 Å². The lowest BCUT2D eigenvalue weighted by Gasteiger charge is -2.13. The fourth-order valence-electron chi connectivity index (χ4n) is 1.96. The van der Waals surface area contributed by atoms with Crippen molar-refractivity contribution < 1.29 is 0 Å². The van der Waals surface area contributed by atoms with Gasteiger partial charge in [0.25, 0.3) is 0 Å². The summed E-state index contributed by atoms with van der Waals surface area (Å²) in [6.45, 7) is 11.5. The van der Waals surface area contributed by atoms with Gasteiger partial charge in [0.2, 0.25) is 0 Å². The van der Waals surface area contributed by atoms with Crippen molar-refractivity contribution in [3.8, 4) is 0 Å². The fraction of sp³-hybridized carbons (Fsp3) is 0.615. The first-order chi connectivity index (χ1) is 7.43. The van der Waals surface area contributed by atoms with Crippen molar-refractivity contribution in [2.75, 3.05) is 6.54 Å². The summed E-state index contributed by atoms with van der Waals surface area (Å²) in [5.74, 6) is 0. The minimum absolute atomic E-state index is 0.351. The minimum atomic E-state index is 0.351. The summed E-state index contributed by atoms with van der Waals surface area (Å²) in [5, 5.41) is 7.93. The van der Waals surface area contributed by atoms with Crippen LogP contribution in [0.15, 0.2) is 11.6 Å². The molecule has 1 heterocycles. The predicted molar refractivity (Wildman–Crippen MR) is 68.5 cm³/mol. The van der Waals surface area contributed by atoms with E-state index in [1.807, 2.05) is 11.7 Å². The highest BCUT2D eigenvalue weighted by Crippen LogP contribution is 2.20. The normalized spacial score (nSPS) is 12.6. The zero-order valence-electron chi connectivity index (χ0n) is 11.3. The molecule has 3 nitrogen and oxygen atoms in total. The van der Waals surface area contributed by atoms with Crippen molar-refractivity contribution in [3.05, 3.63) is 28.6 Å². The van der Waals surface area contributed by atoms with Crippen LogP contribution >= 0.6 is 0 Å². The number of aromatic nitrogens is 2. The smallest absolute Gasteiger partial charge is 0.0644 e. The van der Waals surface area contributed by atoms with Crippen molar-refractivity contribution in [1.82, 2.24) is 15.1 Å². The molecule has 0 saturated carbocycles. The van der Waals surface area contributed by atoms with E-state index in [1.165, 1.54) is 16.8 Å². The van der Waals surface area contributed by atoms with Crippen LogP contribution in [0, 0.1) is 13.8 Å². The van der Waals surface area contributed by atoms with E-state index in [9.17, 15) is 0 Å². The van der Waals surface area contributed by atoms with Crippen molar-refractivity contribution in [2.45, 2.75) is 40.7 Å². The summed E-state index contributed by atoms with van der Waals surface area (Å²) in [6.07, 6.45) is 2.21. The quantitative estimate of drug-likeness (QED) is 0.792. The van der Waals surface area contributed by atoms with E-state index in [1.54, 1.807) is 0 Å². The molecule has 0 radical (unpaired) electrons. The lowest BCUT2D eigenvalue weighted by molar-refractivity contribution is 0.608. The van der Waals surface area contributed by atoms with Crippen LogP contribution in [0.5, 0.6) is 0 Å². The van der Waals surface area contributed by atoms with Crippen LogP contribution in [0.3, 0.4) is 0 Å². The van der Waals surface area contributed by atoms with Gasteiger partial charge in [0.05, 0.1) is 5.69 Å². The van der Waals surface area contributed by atoms with Crippen LogP contribution < -0.4 is 5.32 Å². The number of allylic oxidation sites excluding steroid dienone is 1. The maximum absolute atomic E-state index is 4.44. The Morgan fingerprint density at radius 2 is 2.06 bits per heavy atom. The molecule has 0 saturated heterocycles. The SMILES string of the molecule is CC(C)=CCNC(C)c1c(C)nn(C)c1C. The Labute approximate surface area is 98.5 Å². The Morgan fingerprint density at radius 1 is 1.44 bits per heavy atom. The highest BCUT2D eigenvalue weighted by Gasteiger charge is 2.14. The molecule has 1 rings (SSSR count). The highest BCUT2D eigenvalue weighted by molar-refractivity contribution is 5.27. The summed E-state index contributed by atoms with van der Waals surface area (Å²) in [7, 11) is 1.99. The van der Waals surface area contributed by atoms with Gasteiger partial charge in [-0.05, 0) is 34.6 Å². The summed E-state index contributed by atoms with van der Waals surface area (Å²) in [4.78, 5) is 0. The molecular weight excluding hydrogens is 198 g/mol. The summed E-state index contributed by atoms with van der Waals surface area (Å²) >= 11 is 0. The van der Waals surface area contributed by atoms with Crippen LogP contribution in [0.1, 0.15) is 43.8 Å². The topological polar surface area (TPSA) is 29.9 Å². The second-order valence-corrected chi connectivity index (χ2v) is 4.62. The van der Waals surface area contributed by atoms with Gasteiger partial charge in [-0.25, -0.2) is 0 Å². The molecule has 0 aliphatic carbocycles.